The van der Waals surface area contributed by atoms with Crippen LogP contribution in [0.1, 0.15) is 10.4 Å². The SMILES string of the molecule is COC(=O)c1ccc(OC)cc1OC1COCCO1. The van der Waals surface area contributed by atoms with Gasteiger partial charge in [-0.2, -0.15) is 0 Å². The fourth-order valence-electron chi connectivity index (χ4n) is 1.68. The number of hydrogen-bond donors (Lipinski definition) is 0. The highest BCUT2D eigenvalue weighted by molar-refractivity contribution is 5.92. The number of hydrogen-bond acceptors (Lipinski definition) is 6. The van der Waals surface area contributed by atoms with Crippen LogP contribution in [-0.2, 0) is 14.2 Å². The van der Waals surface area contributed by atoms with Crippen LogP contribution in [0, 0.1) is 0 Å². The molecule has 1 aliphatic rings. The summed E-state index contributed by atoms with van der Waals surface area (Å²) in [5.74, 6) is 0.454. The lowest BCUT2D eigenvalue weighted by atomic mass is 10.2. The molecule has 6 nitrogen and oxygen atoms in total. The van der Waals surface area contributed by atoms with Crippen molar-refractivity contribution in [2.45, 2.75) is 6.29 Å². The summed E-state index contributed by atoms with van der Waals surface area (Å²) in [6.45, 7) is 1.32. The maximum absolute atomic E-state index is 11.7. The summed E-state index contributed by atoms with van der Waals surface area (Å²) < 4.78 is 26.1. The first-order chi connectivity index (χ1) is 9.24. The van der Waals surface area contributed by atoms with Crippen molar-refractivity contribution >= 4 is 5.97 Å². The molecule has 0 bridgehead atoms. The molecule has 6 heteroatoms. The number of rotatable bonds is 4. The molecule has 0 amide bonds. The quantitative estimate of drug-likeness (QED) is 0.765. The molecular formula is C13H16O6. The Morgan fingerprint density at radius 3 is 2.79 bits per heavy atom. The minimum absolute atomic E-state index is 0.317. The Balaban J connectivity index is 2.21. The van der Waals surface area contributed by atoms with E-state index in [0.717, 1.165) is 0 Å². The third kappa shape index (κ3) is 3.36. The van der Waals surface area contributed by atoms with Gasteiger partial charge in [-0.3, -0.25) is 0 Å². The van der Waals surface area contributed by atoms with Crippen molar-refractivity contribution in [3.05, 3.63) is 23.8 Å². The molecule has 0 spiro atoms. The van der Waals surface area contributed by atoms with Crippen LogP contribution in [0.2, 0.25) is 0 Å². The maximum atomic E-state index is 11.7. The molecule has 0 saturated carbocycles. The minimum Gasteiger partial charge on any atom is -0.497 e. The number of ether oxygens (including phenoxy) is 5. The topological polar surface area (TPSA) is 63.2 Å². The van der Waals surface area contributed by atoms with E-state index in [-0.39, 0.29) is 0 Å². The monoisotopic (exact) mass is 268 g/mol. The molecule has 1 fully saturated rings. The van der Waals surface area contributed by atoms with Gasteiger partial charge in [0.15, 0.2) is 0 Å². The Morgan fingerprint density at radius 2 is 2.16 bits per heavy atom. The molecule has 0 aliphatic carbocycles. The van der Waals surface area contributed by atoms with E-state index in [9.17, 15) is 4.79 Å². The summed E-state index contributed by atoms with van der Waals surface area (Å²) in [7, 11) is 2.85. The van der Waals surface area contributed by atoms with Crippen molar-refractivity contribution in [2.24, 2.45) is 0 Å². The van der Waals surface area contributed by atoms with Crippen molar-refractivity contribution < 1.29 is 28.5 Å². The highest BCUT2D eigenvalue weighted by Gasteiger charge is 2.20. The van der Waals surface area contributed by atoms with Gasteiger partial charge in [-0.15, -0.1) is 0 Å². The van der Waals surface area contributed by atoms with Gasteiger partial charge in [0.25, 0.3) is 0 Å². The first kappa shape index (κ1) is 13.6. The van der Waals surface area contributed by atoms with E-state index in [1.807, 2.05) is 0 Å². The van der Waals surface area contributed by atoms with Gasteiger partial charge >= 0.3 is 5.97 Å². The number of esters is 1. The molecule has 0 aromatic heterocycles. The van der Waals surface area contributed by atoms with Crippen LogP contribution in [0.5, 0.6) is 11.5 Å². The van der Waals surface area contributed by atoms with Crippen LogP contribution in [0.15, 0.2) is 18.2 Å². The van der Waals surface area contributed by atoms with Gasteiger partial charge in [-0.05, 0) is 12.1 Å². The second kappa shape index (κ2) is 6.40. The van der Waals surface area contributed by atoms with E-state index in [4.69, 9.17) is 23.7 Å². The molecule has 1 saturated heterocycles. The van der Waals surface area contributed by atoms with E-state index in [1.165, 1.54) is 14.2 Å². The smallest absolute Gasteiger partial charge is 0.341 e. The fraction of sp³-hybridized carbons (Fsp3) is 0.462. The zero-order valence-corrected chi connectivity index (χ0v) is 10.9. The van der Waals surface area contributed by atoms with Gasteiger partial charge in [0.2, 0.25) is 6.29 Å². The Hall–Kier alpha value is -1.79. The summed E-state index contributed by atoms with van der Waals surface area (Å²) in [5.41, 5.74) is 0.317. The molecular weight excluding hydrogens is 252 g/mol. The lowest BCUT2D eigenvalue weighted by Crippen LogP contribution is -2.33. The molecule has 1 aromatic rings. The Morgan fingerprint density at radius 1 is 1.32 bits per heavy atom. The number of methoxy groups -OCH3 is 2. The van der Waals surface area contributed by atoms with Crippen molar-refractivity contribution in [1.29, 1.82) is 0 Å². The van der Waals surface area contributed by atoms with Crippen molar-refractivity contribution in [1.82, 2.24) is 0 Å². The van der Waals surface area contributed by atoms with Gasteiger partial charge in [-0.1, -0.05) is 0 Å². The average Bonchev–Trinajstić information content (AvgIpc) is 2.47. The van der Waals surface area contributed by atoms with Crippen molar-refractivity contribution in [3.8, 4) is 11.5 Å². The normalized spacial score (nSPS) is 18.7. The number of carbonyl (C=O) groups is 1. The molecule has 2 rings (SSSR count). The van der Waals surface area contributed by atoms with Crippen LogP contribution in [-0.4, -0.2) is 46.3 Å². The van der Waals surface area contributed by atoms with Gasteiger partial charge in [0.1, 0.15) is 23.7 Å². The lowest BCUT2D eigenvalue weighted by Gasteiger charge is -2.24. The summed E-state index contributed by atoms with van der Waals surface area (Å²) in [6, 6.07) is 4.87. The van der Waals surface area contributed by atoms with E-state index in [2.05, 4.69) is 0 Å². The van der Waals surface area contributed by atoms with Gasteiger partial charge in [-0.25, -0.2) is 4.79 Å². The molecule has 1 heterocycles. The number of benzene rings is 1. The van der Waals surface area contributed by atoms with E-state index in [1.54, 1.807) is 18.2 Å². The lowest BCUT2D eigenvalue weighted by molar-refractivity contribution is -0.171. The van der Waals surface area contributed by atoms with Gasteiger partial charge in [0, 0.05) is 6.07 Å². The van der Waals surface area contributed by atoms with Crippen LogP contribution in [0.3, 0.4) is 0 Å². The second-order valence-corrected chi connectivity index (χ2v) is 3.85. The third-order valence-electron chi connectivity index (χ3n) is 2.64. The van der Waals surface area contributed by atoms with Crippen LogP contribution in [0.25, 0.3) is 0 Å². The predicted octanol–water partition coefficient (Wildman–Crippen LogP) is 1.23. The Labute approximate surface area is 111 Å². The molecule has 1 atom stereocenters. The molecule has 0 radical (unpaired) electrons. The van der Waals surface area contributed by atoms with E-state index < -0.39 is 12.3 Å². The summed E-state index contributed by atoms with van der Waals surface area (Å²) in [6.07, 6.45) is -0.538. The van der Waals surface area contributed by atoms with Gasteiger partial charge in [0.05, 0.1) is 27.4 Å². The highest BCUT2D eigenvalue weighted by Crippen LogP contribution is 2.27. The second-order valence-electron chi connectivity index (χ2n) is 3.85. The van der Waals surface area contributed by atoms with Crippen LogP contribution in [0.4, 0.5) is 0 Å². The Bertz CT molecular complexity index is 439. The van der Waals surface area contributed by atoms with Crippen molar-refractivity contribution in [2.75, 3.05) is 34.0 Å². The minimum atomic E-state index is -0.538. The Kier molecular flexibility index (Phi) is 4.59. The molecule has 1 aromatic carbocycles. The highest BCUT2D eigenvalue weighted by atomic mass is 16.7. The zero-order chi connectivity index (χ0) is 13.7. The van der Waals surface area contributed by atoms with Gasteiger partial charge < -0.3 is 23.7 Å². The fourth-order valence-corrected chi connectivity index (χ4v) is 1.68. The molecule has 104 valence electrons. The first-order valence-corrected chi connectivity index (χ1v) is 5.87. The zero-order valence-electron chi connectivity index (χ0n) is 10.9. The summed E-state index contributed by atoms with van der Waals surface area (Å²) >= 11 is 0. The summed E-state index contributed by atoms with van der Waals surface area (Å²) in [4.78, 5) is 11.7. The third-order valence-corrected chi connectivity index (χ3v) is 2.64. The molecule has 0 N–H and O–H groups in total. The van der Waals surface area contributed by atoms with Crippen molar-refractivity contribution in [3.63, 3.8) is 0 Å². The number of carbonyl (C=O) groups excluding carboxylic acids is 1. The van der Waals surface area contributed by atoms with E-state index in [0.29, 0.717) is 36.9 Å². The molecule has 1 aliphatic heterocycles. The largest absolute Gasteiger partial charge is 0.497 e. The molecule has 19 heavy (non-hydrogen) atoms. The van der Waals surface area contributed by atoms with Crippen LogP contribution >= 0.6 is 0 Å². The van der Waals surface area contributed by atoms with Crippen LogP contribution < -0.4 is 9.47 Å². The first-order valence-electron chi connectivity index (χ1n) is 5.87. The van der Waals surface area contributed by atoms with E-state index >= 15 is 0 Å². The summed E-state index contributed by atoms with van der Waals surface area (Å²) in [5, 5.41) is 0. The average molecular weight is 268 g/mol. The standard InChI is InChI=1S/C13H16O6/c1-15-9-3-4-10(13(14)16-2)11(7-9)19-12-8-17-5-6-18-12/h3-4,7,12H,5-6,8H2,1-2H3. The maximum Gasteiger partial charge on any atom is 0.341 e. The predicted molar refractivity (Wildman–Crippen MR) is 65.5 cm³/mol. The molecule has 1 unspecified atom stereocenters.